The van der Waals surface area contributed by atoms with Crippen LogP contribution in [0.25, 0.3) is 0 Å². The highest BCUT2D eigenvalue weighted by molar-refractivity contribution is 5.79. The van der Waals surface area contributed by atoms with Crippen LogP contribution in [0.15, 0.2) is 24.3 Å². The van der Waals surface area contributed by atoms with E-state index in [4.69, 9.17) is 71.1 Å². The Morgan fingerprint density at radius 1 is 0.543 bits per heavy atom. The first-order valence-corrected chi connectivity index (χ1v) is 32.0. The molecule has 0 amide bonds. The number of ether oxygens (including phenoxy) is 15. The van der Waals surface area contributed by atoms with Crippen LogP contribution in [0.5, 0.6) is 0 Å². The minimum absolute atomic E-state index is 0.00983. The summed E-state index contributed by atoms with van der Waals surface area (Å²) < 4.78 is 105. The number of Topliss-reactive ketones (excluding diaryl/α,β-unsaturated/α-hetero) is 1. The predicted molar refractivity (Wildman–Crippen MR) is 284 cm³/mol. The van der Waals surface area contributed by atoms with Crippen molar-refractivity contribution in [1.82, 2.24) is 0 Å². The van der Waals surface area contributed by atoms with Gasteiger partial charge in [-0.15, -0.1) is 0 Å². The first-order chi connectivity index (χ1) is 38.9. The zero-order chi connectivity index (χ0) is 55.2. The molecular weight excluding hydrogens is 1040 g/mol. The number of aliphatic hydroxyl groups excluding tert-OH is 2. The topological polar surface area (TPSA) is 196 Å². The minimum Gasteiger partial charge on any atom is -0.394 e. The van der Waals surface area contributed by atoms with E-state index < -0.39 is 29.1 Å². The standard InChI is InChI=1S/C63H90O18/c1-28-14-35-8-10-41-29(2)15-37(68-41)12-13-61-27-60(7)59(81-61)58-57(78-60)56(80-61)55-42(72-58)11-9-36(70-55)16-34(65)17-38-33(6)53-47(71-44(38)18-43(69-35)32(28)5)19-45-49(73-53)23-63(75-45)24-50-52(79-63)31(4)22-62(77-50)21-30(3)51-48(76-62)20-46-54(74-51)39(26-67-46)40(66)25-64/h28,30-31,33,35-59,64,66H,2,5,8-27H2,1,3-4,6-7H3. The van der Waals surface area contributed by atoms with E-state index in [9.17, 15) is 15.0 Å². The van der Waals surface area contributed by atoms with E-state index in [1.54, 1.807) is 0 Å². The molecule has 17 heterocycles. The average molecular weight is 1140 g/mol. The van der Waals surface area contributed by atoms with Crippen molar-refractivity contribution in [2.24, 2.45) is 35.5 Å². The van der Waals surface area contributed by atoms with Gasteiger partial charge >= 0.3 is 0 Å². The molecular formula is C63H90O18. The summed E-state index contributed by atoms with van der Waals surface area (Å²) >= 11 is 0. The van der Waals surface area contributed by atoms with Crippen molar-refractivity contribution in [3.8, 4) is 0 Å². The normalized spacial score (nSPS) is 59.4. The molecule has 0 aromatic carbocycles. The van der Waals surface area contributed by atoms with Crippen molar-refractivity contribution in [2.75, 3.05) is 13.2 Å². The number of rotatable bonds is 2. The van der Waals surface area contributed by atoms with Gasteiger partial charge in [-0.25, -0.2) is 0 Å². The van der Waals surface area contributed by atoms with E-state index in [-0.39, 0.29) is 182 Å². The molecule has 17 rings (SSSR count). The van der Waals surface area contributed by atoms with E-state index in [0.29, 0.717) is 77.2 Å². The molecule has 0 aromatic heterocycles. The van der Waals surface area contributed by atoms with Gasteiger partial charge in [0.25, 0.3) is 0 Å². The summed E-state index contributed by atoms with van der Waals surface area (Å²) in [6.45, 7) is 20.4. The maximum absolute atomic E-state index is 14.9. The fourth-order valence-corrected chi connectivity index (χ4v) is 19.8. The molecule has 0 aromatic rings. The molecule has 18 nitrogen and oxygen atoms in total. The van der Waals surface area contributed by atoms with Gasteiger partial charge in [-0.2, -0.15) is 0 Å². The lowest BCUT2D eigenvalue weighted by molar-refractivity contribution is -0.370. The Morgan fingerprint density at radius 2 is 1.26 bits per heavy atom. The second-order valence-electron chi connectivity index (χ2n) is 29.3. The third-order valence-corrected chi connectivity index (χ3v) is 23.6. The molecule has 81 heavy (non-hydrogen) atoms. The molecule has 33 atom stereocenters. The largest absolute Gasteiger partial charge is 0.394 e. The van der Waals surface area contributed by atoms with Crippen molar-refractivity contribution in [1.29, 1.82) is 0 Å². The number of carbonyl (C=O) groups excluding carboxylic acids is 1. The number of hydrogen-bond donors (Lipinski definition) is 2. The summed E-state index contributed by atoms with van der Waals surface area (Å²) in [5, 5.41) is 20.3. The SMILES string of the molecule is C=C1CC2CCC34CC5(C)OC6C(O3)C3OC(CCC3OC6C5O4)CC(=O)CC3C(CC4OC(CCC1O2)CC(C)C4=C)OC1CC2OC4(CC2OC1C3C)CC1OC2(CC(C)C3OC5C(CC3O2)OCC5C(O)CO)CC(C)C1O4. The predicted octanol–water partition coefficient (Wildman–Crippen LogP) is 6.24. The van der Waals surface area contributed by atoms with Gasteiger partial charge in [0, 0.05) is 76.5 Å². The molecule has 2 N–H and O–H groups in total. The number of carbonyl (C=O) groups is 1. The first-order valence-electron chi connectivity index (χ1n) is 32.0. The number of aliphatic hydroxyl groups is 2. The highest BCUT2D eigenvalue weighted by atomic mass is 16.8. The molecule has 17 aliphatic rings. The first kappa shape index (κ1) is 54.8. The second kappa shape index (κ2) is 20.0. The van der Waals surface area contributed by atoms with Crippen molar-refractivity contribution < 1.29 is 86.1 Å². The van der Waals surface area contributed by atoms with Gasteiger partial charge in [-0.3, -0.25) is 4.79 Å². The lowest BCUT2D eigenvalue weighted by atomic mass is 9.72. The van der Waals surface area contributed by atoms with E-state index >= 15 is 0 Å². The van der Waals surface area contributed by atoms with E-state index in [1.165, 1.54) is 0 Å². The van der Waals surface area contributed by atoms with Gasteiger partial charge in [0.2, 0.25) is 0 Å². The van der Waals surface area contributed by atoms with Gasteiger partial charge < -0.3 is 81.3 Å². The summed E-state index contributed by atoms with van der Waals surface area (Å²) in [5.74, 6) is -2.24. The smallest absolute Gasteiger partial charge is 0.174 e. The maximum atomic E-state index is 14.9. The fourth-order valence-electron chi connectivity index (χ4n) is 19.8. The van der Waals surface area contributed by atoms with E-state index in [2.05, 4.69) is 47.8 Å². The quantitative estimate of drug-likeness (QED) is 0.295. The Kier molecular flexibility index (Phi) is 13.5. The minimum atomic E-state index is -0.884. The van der Waals surface area contributed by atoms with Crippen LogP contribution in [-0.2, 0) is 75.8 Å². The van der Waals surface area contributed by atoms with Crippen LogP contribution in [0.1, 0.15) is 150 Å². The molecule has 17 saturated heterocycles. The number of ketones is 1. The van der Waals surface area contributed by atoms with Crippen LogP contribution in [0.2, 0.25) is 0 Å². The molecule has 0 saturated carbocycles. The molecule has 18 heteroatoms. The monoisotopic (exact) mass is 1130 g/mol. The summed E-state index contributed by atoms with van der Waals surface area (Å²) in [6, 6.07) is 0. The average Bonchev–Trinajstić information content (AvgIpc) is 2.35. The summed E-state index contributed by atoms with van der Waals surface area (Å²) in [5.41, 5.74) is 1.71. The van der Waals surface area contributed by atoms with Gasteiger partial charge in [-0.1, -0.05) is 40.9 Å². The molecule has 0 radical (unpaired) electrons. The Balaban J connectivity index is 0.630. The Bertz CT molecular complexity index is 2460. The van der Waals surface area contributed by atoms with Crippen LogP contribution in [0.4, 0.5) is 0 Å². The number of hydrogen-bond acceptors (Lipinski definition) is 18. The highest BCUT2D eigenvalue weighted by Crippen LogP contribution is 2.60. The van der Waals surface area contributed by atoms with Crippen LogP contribution < -0.4 is 0 Å². The van der Waals surface area contributed by atoms with Gasteiger partial charge in [0.1, 0.15) is 41.9 Å². The van der Waals surface area contributed by atoms with Crippen molar-refractivity contribution in [2.45, 2.75) is 314 Å². The molecule has 17 aliphatic heterocycles. The molecule has 0 aliphatic carbocycles. The van der Waals surface area contributed by atoms with E-state index in [1.807, 2.05) is 0 Å². The zero-order valence-electron chi connectivity index (χ0n) is 48.2. The molecule has 450 valence electrons. The molecule has 33 unspecified atom stereocenters. The second-order valence-corrected chi connectivity index (χ2v) is 29.3. The Labute approximate surface area is 476 Å². The highest BCUT2D eigenvalue weighted by Gasteiger charge is 2.73. The lowest BCUT2D eigenvalue weighted by Gasteiger charge is -2.54. The van der Waals surface area contributed by atoms with Crippen LogP contribution in [-0.4, -0.2) is 193 Å². The summed E-state index contributed by atoms with van der Waals surface area (Å²) in [4.78, 5) is 14.9. The number of fused-ring (bicyclic) bond motifs is 11. The van der Waals surface area contributed by atoms with Crippen molar-refractivity contribution in [3.05, 3.63) is 24.3 Å². The molecule has 12 bridgehead atoms. The summed E-state index contributed by atoms with van der Waals surface area (Å²) in [6.07, 6.45) is 6.41. The molecule has 3 spiro atoms. The van der Waals surface area contributed by atoms with Gasteiger partial charge in [0.05, 0.1) is 123 Å². The van der Waals surface area contributed by atoms with Crippen molar-refractivity contribution >= 4 is 5.78 Å². The maximum Gasteiger partial charge on any atom is 0.174 e. The van der Waals surface area contributed by atoms with Crippen LogP contribution in [0.3, 0.4) is 0 Å². The Morgan fingerprint density at radius 3 is 2.11 bits per heavy atom. The third kappa shape index (κ3) is 9.11. The lowest BCUT2D eigenvalue weighted by Crippen LogP contribution is -2.62. The summed E-state index contributed by atoms with van der Waals surface area (Å²) in [7, 11) is 0. The van der Waals surface area contributed by atoms with Gasteiger partial charge in [0.15, 0.2) is 17.4 Å². The van der Waals surface area contributed by atoms with Crippen LogP contribution >= 0.6 is 0 Å². The zero-order valence-corrected chi connectivity index (χ0v) is 48.2. The van der Waals surface area contributed by atoms with Crippen LogP contribution in [0, 0.1) is 35.5 Å². The molecule has 17 fully saturated rings. The van der Waals surface area contributed by atoms with E-state index in [0.717, 1.165) is 56.1 Å². The fraction of sp³-hybridized carbons (Fsp3) is 0.921. The van der Waals surface area contributed by atoms with Gasteiger partial charge in [-0.05, 0) is 92.6 Å². The third-order valence-electron chi connectivity index (χ3n) is 23.6. The Hall–Kier alpha value is -1.53. The van der Waals surface area contributed by atoms with Crippen molar-refractivity contribution in [3.63, 3.8) is 0 Å².